The maximum atomic E-state index is 12.9. The topological polar surface area (TPSA) is 32.8 Å². The molecule has 0 fully saturated rings. The molecule has 3 aromatic carbocycles. The van der Waals surface area contributed by atoms with Crippen LogP contribution in [0, 0.1) is 0 Å². The van der Waals surface area contributed by atoms with Gasteiger partial charge in [-0.05, 0) is 42.8 Å². The van der Waals surface area contributed by atoms with E-state index in [1.54, 1.807) is 6.92 Å². The number of hydrogen-bond acceptors (Lipinski definition) is 4. The van der Waals surface area contributed by atoms with Gasteiger partial charge in [-0.2, -0.15) is 0 Å². The summed E-state index contributed by atoms with van der Waals surface area (Å²) in [4.78, 5) is 17.0. The molecular weight excluding hydrogens is 408 g/mol. The average molecular weight is 441 g/mol. The van der Waals surface area contributed by atoms with Crippen LogP contribution >= 0.6 is 0 Å². The molecule has 0 heterocycles. The molecule has 0 aromatic heterocycles. The van der Waals surface area contributed by atoms with Gasteiger partial charge in [0.1, 0.15) is 0 Å². The predicted octanol–water partition coefficient (Wildman–Crippen LogP) is 5.89. The molecule has 0 N–H and O–H groups in total. The molecule has 3 rings (SSSR count). The van der Waals surface area contributed by atoms with E-state index in [9.17, 15) is 4.79 Å². The second-order valence-electron chi connectivity index (χ2n) is 8.53. The first kappa shape index (κ1) is 23.9. The summed E-state index contributed by atoms with van der Waals surface area (Å²) in [5.41, 5.74) is 4.08. The summed E-state index contributed by atoms with van der Waals surface area (Å²) >= 11 is 0. The summed E-state index contributed by atoms with van der Waals surface area (Å²) in [6, 6.07) is 26.2. The van der Waals surface area contributed by atoms with Crippen molar-refractivity contribution in [1.29, 1.82) is 0 Å². The van der Waals surface area contributed by atoms with E-state index in [0.29, 0.717) is 5.57 Å². The van der Waals surface area contributed by atoms with Crippen LogP contribution in [0.1, 0.15) is 23.6 Å². The van der Waals surface area contributed by atoms with Crippen molar-refractivity contribution in [1.82, 2.24) is 0 Å². The fourth-order valence-electron chi connectivity index (χ4n) is 3.54. The maximum absolute atomic E-state index is 12.9. The van der Waals surface area contributed by atoms with Crippen LogP contribution in [0.2, 0.25) is 0 Å². The molecule has 33 heavy (non-hydrogen) atoms. The molecule has 0 spiro atoms. The molecule has 0 saturated heterocycles. The Kier molecular flexibility index (Phi) is 7.39. The Morgan fingerprint density at radius 3 is 1.64 bits per heavy atom. The number of anilines is 2. The van der Waals surface area contributed by atoms with Crippen LogP contribution in [-0.4, -0.2) is 34.2 Å². The van der Waals surface area contributed by atoms with Crippen molar-refractivity contribution in [3.8, 4) is 0 Å². The quantitative estimate of drug-likeness (QED) is 0.323. The molecule has 170 valence electrons. The van der Waals surface area contributed by atoms with Gasteiger partial charge in [-0.1, -0.05) is 67.3 Å². The third kappa shape index (κ3) is 5.53. The first-order chi connectivity index (χ1) is 15.7. The van der Waals surface area contributed by atoms with Gasteiger partial charge < -0.3 is 14.5 Å². The van der Waals surface area contributed by atoms with E-state index in [4.69, 9.17) is 4.74 Å². The molecule has 0 saturated carbocycles. The second kappa shape index (κ2) is 10.2. The normalized spacial score (nSPS) is 11.3. The predicted molar refractivity (Wildman–Crippen MR) is 139 cm³/mol. The number of rotatable bonds is 8. The van der Waals surface area contributed by atoms with E-state index in [0.717, 1.165) is 28.1 Å². The van der Waals surface area contributed by atoms with Crippen molar-refractivity contribution in [3.05, 3.63) is 114 Å². The zero-order chi connectivity index (χ0) is 24.0. The molecular formula is C29H32N2O2. The van der Waals surface area contributed by atoms with Crippen LogP contribution in [0.5, 0.6) is 0 Å². The summed E-state index contributed by atoms with van der Waals surface area (Å²) in [7, 11) is 7.99. The largest absolute Gasteiger partial charge is 0.442 e. The Bertz CT molecular complexity index is 1060. The lowest BCUT2D eigenvalue weighted by atomic mass is 9.84. The molecule has 4 nitrogen and oxygen atoms in total. The summed E-state index contributed by atoms with van der Waals surface area (Å²) in [5, 5.41) is 0. The Labute approximate surface area is 197 Å². The number of hydrogen-bond donors (Lipinski definition) is 0. The van der Waals surface area contributed by atoms with Crippen molar-refractivity contribution in [2.45, 2.75) is 12.5 Å². The maximum Gasteiger partial charge on any atom is 0.334 e. The summed E-state index contributed by atoms with van der Waals surface area (Å²) in [6.45, 7) is 5.47. The molecule has 0 atom stereocenters. The van der Waals surface area contributed by atoms with E-state index >= 15 is 0 Å². The van der Waals surface area contributed by atoms with E-state index in [1.807, 2.05) is 129 Å². The van der Waals surface area contributed by atoms with Gasteiger partial charge in [-0.3, -0.25) is 0 Å². The smallest absolute Gasteiger partial charge is 0.334 e. The fourth-order valence-corrected chi connectivity index (χ4v) is 3.54. The molecule has 0 aliphatic carbocycles. The third-order valence-corrected chi connectivity index (χ3v) is 5.54. The van der Waals surface area contributed by atoms with Crippen molar-refractivity contribution >= 4 is 23.4 Å². The van der Waals surface area contributed by atoms with Gasteiger partial charge in [0.25, 0.3) is 0 Å². The number of carbonyl (C=O) groups is 1. The number of benzene rings is 3. The first-order valence-electron chi connectivity index (χ1n) is 10.9. The average Bonchev–Trinajstić information content (AvgIpc) is 2.82. The second-order valence-corrected chi connectivity index (χ2v) is 8.53. The molecule has 0 radical (unpaired) electrons. The van der Waals surface area contributed by atoms with Crippen LogP contribution in [-0.2, 0) is 15.1 Å². The van der Waals surface area contributed by atoms with E-state index in [1.165, 1.54) is 0 Å². The number of carbonyl (C=O) groups excluding carboxylic acids is 1. The summed E-state index contributed by atoms with van der Waals surface area (Å²) < 4.78 is 6.24. The first-order valence-corrected chi connectivity index (χ1v) is 10.9. The van der Waals surface area contributed by atoms with E-state index < -0.39 is 11.6 Å². The summed E-state index contributed by atoms with van der Waals surface area (Å²) in [6.07, 6.45) is 3.95. The van der Waals surface area contributed by atoms with Gasteiger partial charge >= 0.3 is 5.97 Å². The molecule has 0 amide bonds. The molecule has 3 aromatic rings. The Morgan fingerprint density at radius 2 is 1.24 bits per heavy atom. The zero-order valence-corrected chi connectivity index (χ0v) is 20.1. The fraction of sp³-hybridized carbons (Fsp3) is 0.207. The van der Waals surface area contributed by atoms with Crippen molar-refractivity contribution in [2.24, 2.45) is 0 Å². The van der Waals surface area contributed by atoms with Gasteiger partial charge in [-0.15, -0.1) is 0 Å². The van der Waals surface area contributed by atoms with Crippen LogP contribution in [0.25, 0.3) is 6.08 Å². The lowest BCUT2D eigenvalue weighted by Crippen LogP contribution is -2.32. The van der Waals surface area contributed by atoms with Crippen LogP contribution in [0.3, 0.4) is 0 Å². The van der Waals surface area contributed by atoms with Crippen molar-refractivity contribution < 1.29 is 9.53 Å². The minimum absolute atomic E-state index is 0.349. The molecule has 0 unspecified atom stereocenters. The highest BCUT2D eigenvalue weighted by atomic mass is 16.6. The van der Waals surface area contributed by atoms with Gasteiger partial charge in [0.2, 0.25) is 0 Å². The lowest BCUT2D eigenvalue weighted by Gasteiger charge is -2.33. The standard InChI is InChI=1S/C29H32N2O2/c1-22(2)28(32)33-29(21-20-23-10-8-7-9-11-23,24-12-16-26(17-13-24)30(3)4)25-14-18-27(19-15-25)31(5)6/h7-21H,1H2,2-6H3/b21-20+. The van der Waals surface area contributed by atoms with Crippen LogP contribution in [0.15, 0.2) is 97.1 Å². The van der Waals surface area contributed by atoms with Crippen molar-refractivity contribution in [3.63, 3.8) is 0 Å². The van der Waals surface area contributed by atoms with Gasteiger partial charge in [0, 0.05) is 56.3 Å². The molecule has 4 heteroatoms. The number of esters is 1. The van der Waals surface area contributed by atoms with Gasteiger partial charge in [0.15, 0.2) is 5.60 Å². The molecule has 0 aliphatic rings. The molecule has 0 aliphatic heterocycles. The highest BCUT2D eigenvalue weighted by molar-refractivity contribution is 5.88. The number of ether oxygens (including phenoxy) is 1. The SMILES string of the molecule is C=C(C)C(=O)OC(/C=C/c1ccccc1)(c1ccc(N(C)C)cc1)c1ccc(N(C)C)cc1. The third-order valence-electron chi connectivity index (χ3n) is 5.54. The summed E-state index contributed by atoms with van der Waals surface area (Å²) in [5.74, 6) is -0.443. The van der Waals surface area contributed by atoms with Gasteiger partial charge in [-0.25, -0.2) is 4.79 Å². The van der Waals surface area contributed by atoms with Crippen LogP contribution < -0.4 is 9.80 Å². The van der Waals surface area contributed by atoms with E-state index in [-0.39, 0.29) is 0 Å². The minimum Gasteiger partial charge on any atom is -0.442 e. The van der Waals surface area contributed by atoms with E-state index in [2.05, 4.69) is 6.58 Å². The number of nitrogens with zero attached hydrogens (tertiary/aromatic N) is 2. The van der Waals surface area contributed by atoms with Crippen molar-refractivity contribution in [2.75, 3.05) is 38.0 Å². The Balaban J connectivity index is 2.23. The highest BCUT2D eigenvalue weighted by Crippen LogP contribution is 2.38. The monoisotopic (exact) mass is 440 g/mol. The Hall–Kier alpha value is -3.79. The molecule has 0 bridgehead atoms. The van der Waals surface area contributed by atoms with Gasteiger partial charge in [0.05, 0.1) is 0 Å². The Morgan fingerprint density at radius 1 is 0.788 bits per heavy atom. The minimum atomic E-state index is -1.12. The lowest BCUT2D eigenvalue weighted by molar-refractivity contribution is -0.147. The zero-order valence-electron chi connectivity index (χ0n) is 20.1. The van der Waals surface area contributed by atoms with Crippen LogP contribution in [0.4, 0.5) is 11.4 Å². The highest BCUT2D eigenvalue weighted by Gasteiger charge is 2.36.